The molecule has 0 aliphatic heterocycles. The molecule has 1 amide bonds. The molecule has 26 heavy (non-hydrogen) atoms. The molecule has 0 radical (unpaired) electrons. The van der Waals surface area contributed by atoms with Gasteiger partial charge in [-0.3, -0.25) is 4.79 Å². The quantitative estimate of drug-likeness (QED) is 0.372. The first-order chi connectivity index (χ1) is 12.4. The Morgan fingerprint density at radius 3 is 2.50 bits per heavy atom. The highest BCUT2D eigenvalue weighted by atomic mass is 16.5. The third-order valence-corrected chi connectivity index (χ3v) is 3.80. The summed E-state index contributed by atoms with van der Waals surface area (Å²) in [6.45, 7) is 11.0. The monoisotopic (exact) mass is 363 g/mol. The molecule has 0 aliphatic rings. The number of ether oxygens (including phenoxy) is 3. The molecule has 1 N–H and O–H groups in total. The molecule has 6 nitrogen and oxygen atoms in total. The second-order valence-electron chi connectivity index (χ2n) is 6.15. The molecule has 1 atom stereocenters. The number of esters is 1. The molecule has 1 aromatic rings. The number of hydrogen-bond acceptors (Lipinski definition) is 5. The van der Waals surface area contributed by atoms with Gasteiger partial charge in [0.2, 0.25) is 5.91 Å². The van der Waals surface area contributed by atoms with Crippen LogP contribution in [0.2, 0.25) is 0 Å². The number of hydrogen-bond donors (Lipinski definition) is 1. The molecule has 0 aliphatic carbocycles. The van der Waals surface area contributed by atoms with Gasteiger partial charge in [0.05, 0.1) is 38.4 Å². The zero-order valence-electron chi connectivity index (χ0n) is 16.1. The highest BCUT2D eigenvalue weighted by Gasteiger charge is 2.13. The van der Waals surface area contributed by atoms with Gasteiger partial charge in [-0.2, -0.15) is 0 Å². The molecule has 0 unspecified atom stereocenters. The van der Waals surface area contributed by atoms with Crippen molar-refractivity contribution in [2.45, 2.75) is 27.2 Å². The van der Waals surface area contributed by atoms with E-state index in [4.69, 9.17) is 14.2 Å². The van der Waals surface area contributed by atoms with Crippen molar-refractivity contribution in [3.8, 4) is 5.75 Å². The number of aryl methyl sites for hydroxylation is 2. The number of carbonyl (C=O) groups is 2. The van der Waals surface area contributed by atoms with Crippen LogP contribution in [-0.2, 0) is 14.3 Å². The highest BCUT2D eigenvalue weighted by molar-refractivity contribution is 5.90. The van der Waals surface area contributed by atoms with E-state index in [2.05, 4.69) is 11.9 Å². The Labute approximate surface area is 155 Å². The Morgan fingerprint density at radius 2 is 1.92 bits per heavy atom. The molecule has 0 fully saturated rings. The van der Waals surface area contributed by atoms with E-state index in [1.165, 1.54) is 7.11 Å². The predicted octanol–water partition coefficient (Wildman–Crippen LogP) is 2.81. The molecule has 1 rings (SSSR count). The molecule has 6 heteroatoms. The van der Waals surface area contributed by atoms with Crippen molar-refractivity contribution < 1.29 is 23.8 Å². The fourth-order valence-electron chi connectivity index (χ4n) is 2.45. The maximum Gasteiger partial charge on any atom is 0.337 e. The van der Waals surface area contributed by atoms with Gasteiger partial charge in [0.25, 0.3) is 0 Å². The predicted molar refractivity (Wildman–Crippen MR) is 101 cm³/mol. The molecular weight excluding hydrogens is 334 g/mol. The van der Waals surface area contributed by atoms with Crippen molar-refractivity contribution in [1.82, 2.24) is 5.32 Å². The number of methoxy groups -OCH3 is 1. The van der Waals surface area contributed by atoms with Crippen LogP contribution < -0.4 is 10.1 Å². The van der Waals surface area contributed by atoms with Crippen LogP contribution in [0.15, 0.2) is 24.8 Å². The second-order valence-corrected chi connectivity index (χ2v) is 6.15. The van der Waals surface area contributed by atoms with Gasteiger partial charge in [-0.1, -0.05) is 13.0 Å². The van der Waals surface area contributed by atoms with E-state index in [1.807, 2.05) is 20.8 Å². The van der Waals surface area contributed by atoms with E-state index in [-0.39, 0.29) is 17.8 Å². The summed E-state index contributed by atoms with van der Waals surface area (Å²) in [4.78, 5) is 23.5. The molecule has 0 spiro atoms. The van der Waals surface area contributed by atoms with E-state index >= 15 is 0 Å². The minimum atomic E-state index is -0.364. The maximum atomic E-state index is 11.9. The van der Waals surface area contributed by atoms with E-state index < -0.39 is 0 Å². The fraction of sp³-hybridized carbons (Fsp3) is 0.500. The molecule has 1 aromatic carbocycles. The SMILES string of the molecule is C=CCOC[C@@H](C)C(=O)NCCCOc1c(C)cc(C(=O)OC)cc1C. The van der Waals surface area contributed by atoms with E-state index in [0.29, 0.717) is 38.3 Å². The summed E-state index contributed by atoms with van der Waals surface area (Å²) < 4.78 is 15.8. The number of carbonyl (C=O) groups excluding carboxylic acids is 2. The summed E-state index contributed by atoms with van der Waals surface area (Å²) in [5.41, 5.74) is 2.26. The second kappa shape index (κ2) is 11.3. The number of rotatable bonds is 11. The lowest BCUT2D eigenvalue weighted by Crippen LogP contribution is -2.33. The van der Waals surface area contributed by atoms with Crippen molar-refractivity contribution in [2.24, 2.45) is 5.92 Å². The first-order valence-corrected chi connectivity index (χ1v) is 8.69. The third-order valence-electron chi connectivity index (χ3n) is 3.80. The molecule has 144 valence electrons. The minimum absolute atomic E-state index is 0.0381. The van der Waals surface area contributed by atoms with Crippen molar-refractivity contribution >= 4 is 11.9 Å². The smallest absolute Gasteiger partial charge is 0.337 e. The standard InChI is InChI=1S/C20H29NO5/c1-6-9-25-13-16(4)19(22)21-8-7-10-26-18-14(2)11-17(12-15(18)3)20(23)24-5/h6,11-12,16H,1,7-10,13H2,2-5H3,(H,21,22)/t16-/m1/s1. The molecule has 0 heterocycles. The van der Waals surface area contributed by atoms with E-state index in [1.54, 1.807) is 18.2 Å². The van der Waals surface area contributed by atoms with Gasteiger partial charge in [0, 0.05) is 6.54 Å². The van der Waals surface area contributed by atoms with Crippen LogP contribution in [0.5, 0.6) is 5.75 Å². The average molecular weight is 363 g/mol. The lowest BCUT2D eigenvalue weighted by atomic mass is 10.1. The topological polar surface area (TPSA) is 73.9 Å². The Balaban J connectivity index is 2.39. The zero-order valence-corrected chi connectivity index (χ0v) is 16.1. The van der Waals surface area contributed by atoms with Crippen LogP contribution in [0.1, 0.15) is 34.8 Å². The van der Waals surface area contributed by atoms with Crippen molar-refractivity contribution in [3.63, 3.8) is 0 Å². The molecule has 0 bridgehead atoms. The number of nitrogens with one attached hydrogen (secondary N) is 1. The number of amides is 1. The summed E-state index contributed by atoms with van der Waals surface area (Å²) >= 11 is 0. The van der Waals surface area contributed by atoms with Gasteiger partial charge >= 0.3 is 5.97 Å². The normalized spacial score (nSPS) is 11.5. The maximum absolute atomic E-state index is 11.9. The average Bonchev–Trinajstić information content (AvgIpc) is 2.62. The van der Waals surface area contributed by atoms with Crippen LogP contribution in [0, 0.1) is 19.8 Å². The molecule has 0 saturated heterocycles. The van der Waals surface area contributed by atoms with Crippen LogP contribution in [-0.4, -0.2) is 45.4 Å². The number of benzene rings is 1. The van der Waals surface area contributed by atoms with Gasteiger partial charge in [0.1, 0.15) is 5.75 Å². The van der Waals surface area contributed by atoms with Crippen LogP contribution in [0.25, 0.3) is 0 Å². The molecular formula is C20H29NO5. The van der Waals surface area contributed by atoms with Gasteiger partial charge in [-0.15, -0.1) is 6.58 Å². The third kappa shape index (κ3) is 6.88. The lowest BCUT2D eigenvalue weighted by molar-refractivity contribution is -0.126. The Hall–Kier alpha value is -2.34. The summed E-state index contributed by atoms with van der Waals surface area (Å²) in [6, 6.07) is 3.50. The molecule has 0 saturated carbocycles. The van der Waals surface area contributed by atoms with Gasteiger partial charge in [-0.05, 0) is 43.5 Å². The highest BCUT2D eigenvalue weighted by Crippen LogP contribution is 2.25. The van der Waals surface area contributed by atoms with Crippen molar-refractivity contribution in [3.05, 3.63) is 41.5 Å². The van der Waals surface area contributed by atoms with E-state index in [0.717, 1.165) is 16.9 Å². The van der Waals surface area contributed by atoms with Crippen LogP contribution in [0.4, 0.5) is 0 Å². The first-order valence-electron chi connectivity index (χ1n) is 8.69. The summed E-state index contributed by atoms with van der Waals surface area (Å²) in [5, 5.41) is 2.87. The Kier molecular flexibility index (Phi) is 9.44. The van der Waals surface area contributed by atoms with Gasteiger partial charge in [-0.25, -0.2) is 4.79 Å². The van der Waals surface area contributed by atoms with Crippen molar-refractivity contribution in [2.75, 3.05) is 33.5 Å². The summed E-state index contributed by atoms with van der Waals surface area (Å²) in [7, 11) is 1.36. The summed E-state index contributed by atoms with van der Waals surface area (Å²) in [5.74, 6) is 0.155. The zero-order chi connectivity index (χ0) is 19.5. The Morgan fingerprint density at radius 1 is 1.27 bits per heavy atom. The van der Waals surface area contributed by atoms with Crippen LogP contribution >= 0.6 is 0 Å². The largest absolute Gasteiger partial charge is 0.493 e. The van der Waals surface area contributed by atoms with Crippen molar-refractivity contribution in [1.29, 1.82) is 0 Å². The fourth-order valence-corrected chi connectivity index (χ4v) is 2.45. The van der Waals surface area contributed by atoms with Gasteiger partial charge in [0.15, 0.2) is 0 Å². The summed E-state index contributed by atoms with van der Waals surface area (Å²) in [6.07, 6.45) is 2.34. The first kappa shape index (κ1) is 21.7. The van der Waals surface area contributed by atoms with Crippen LogP contribution in [0.3, 0.4) is 0 Å². The van der Waals surface area contributed by atoms with E-state index in [9.17, 15) is 9.59 Å². The minimum Gasteiger partial charge on any atom is -0.493 e. The molecule has 0 aromatic heterocycles. The van der Waals surface area contributed by atoms with Gasteiger partial charge < -0.3 is 19.5 Å². The lowest BCUT2D eigenvalue weighted by Gasteiger charge is -2.15. The Bertz CT molecular complexity index is 604.